The van der Waals surface area contributed by atoms with Crippen molar-refractivity contribution in [2.24, 2.45) is 12.8 Å². The van der Waals surface area contributed by atoms with E-state index in [1.165, 1.54) is 0 Å². The number of hydrogen-bond donors (Lipinski definition) is 1. The number of thioether (sulfide) groups is 1. The van der Waals surface area contributed by atoms with E-state index in [9.17, 15) is 4.79 Å². The fraction of sp³-hybridized carbons (Fsp3) is 0.250. The Balaban J connectivity index is 1.63. The minimum atomic E-state index is -0.339. The lowest BCUT2D eigenvalue weighted by Crippen LogP contribution is -2.12. The van der Waals surface area contributed by atoms with Crippen molar-refractivity contribution in [3.8, 4) is 10.6 Å². The topological polar surface area (TPSA) is 86.7 Å². The number of primary amides is 1. The Hall–Kier alpha value is -1.90. The Morgan fingerprint density at radius 2 is 2.08 bits per heavy atom. The molecule has 0 unspecified atom stereocenters. The van der Waals surface area contributed by atoms with Crippen molar-refractivity contribution in [3.05, 3.63) is 46.2 Å². The van der Waals surface area contributed by atoms with Crippen molar-refractivity contribution < 1.29 is 4.79 Å². The van der Waals surface area contributed by atoms with E-state index in [1.54, 1.807) is 23.1 Å². The molecule has 0 saturated carbocycles. The van der Waals surface area contributed by atoms with Gasteiger partial charge in [0.05, 0.1) is 5.69 Å². The first-order chi connectivity index (χ1) is 12.0. The summed E-state index contributed by atoms with van der Waals surface area (Å²) in [6, 6.07) is 7.65. The summed E-state index contributed by atoms with van der Waals surface area (Å²) < 4.78 is 1.89. The second-order valence-electron chi connectivity index (χ2n) is 5.36. The van der Waals surface area contributed by atoms with Crippen LogP contribution < -0.4 is 5.73 Å². The molecule has 0 radical (unpaired) electrons. The average Bonchev–Trinajstić information content (AvgIpc) is 3.19. The minimum Gasteiger partial charge on any atom is -0.370 e. The van der Waals surface area contributed by atoms with Gasteiger partial charge in [0.15, 0.2) is 5.16 Å². The number of carbonyl (C=O) groups excluding carboxylic acids is 1. The standard InChI is InChI=1S/C16H16ClN5OS2/c1-22-14(7-6-13(18)23)20-21-16(22)25-9-12-8-24-15(19-12)10-2-4-11(17)5-3-10/h2-5,8H,6-7,9H2,1H3,(H2,18,23). The quantitative estimate of drug-likeness (QED) is 0.622. The van der Waals surface area contributed by atoms with Crippen LogP contribution in [-0.4, -0.2) is 25.7 Å². The zero-order chi connectivity index (χ0) is 17.8. The van der Waals surface area contributed by atoms with Crippen LogP contribution in [0.4, 0.5) is 0 Å². The van der Waals surface area contributed by atoms with Gasteiger partial charge < -0.3 is 10.3 Å². The molecule has 0 spiro atoms. The number of halogens is 1. The Morgan fingerprint density at radius 1 is 1.32 bits per heavy atom. The summed E-state index contributed by atoms with van der Waals surface area (Å²) in [5.74, 6) is 1.11. The van der Waals surface area contributed by atoms with Crippen LogP contribution >= 0.6 is 34.7 Å². The molecular weight excluding hydrogens is 378 g/mol. The zero-order valence-electron chi connectivity index (χ0n) is 13.5. The molecule has 0 saturated heterocycles. The van der Waals surface area contributed by atoms with E-state index in [0.29, 0.717) is 17.2 Å². The molecule has 0 aliphatic rings. The molecule has 130 valence electrons. The summed E-state index contributed by atoms with van der Waals surface area (Å²) >= 11 is 9.08. The molecule has 9 heteroatoms. The maximum Gasteiger partial charge on any atom is 0.217 e. The lowest BCUT2D eigenvalue weighted by atomic mass is 10.2. The Kier molecular flexibility index (Phi) is 5.72. The summed E-state index contributed by atoms with van der Waals surface area (Å²) in [5.41, 5.74) is 7.22. The summed E-state index contributed by atoms with van der Waals surface area (Å²) in [4.78, 5) is 15.5. The van der Waals surface area contributed by atoms with Crippen LogP contribution in [0, 0.1) is 0 Å². The van der Waals surface area contributed by atoms with E-state index in [1.807, 2.05) is 41.3 Å². The van der Waals surface area contributed by atoms with Crippen LogP contribution in [0.5, 0.6) is 0 Å². The van der Waals surface area contributed by atoms with Crippen molar-refractivity contribution in [3.63, 3.8) is 0 Å². The summed E-state index contributed by atoms with van der Waals surface area (Å²) in [7, 11) is 1.89. The summed E-state index contributed by atoms with van der Waals surface area (Å²) in [6.07, 6.45) is 0.768. The number of nitrogens with zero attached hydrogens (tertiary/aromatic N) is 4. The first-order valence-corrected chi connectivity index (χ1v) is 9.77. The first kappa shape index (κ1) is 17.9. The van der Waals surface area contributed by atoms with E-state index in [0.717, 1.165) is 27.2 Å². The van der Waals surface area contributed by atoms with Gasteiger partial charge in [-0.1, -0.05) is 35.5 Å². The number of thiazole rings is 1. The second-order valence-corrected chi connectivity index (χ2v) is 7.60. The van der Waals surface area contributed by atoms with E-state index in [2.05, 4.69) is 15.2 Å². The predicted molar refractivity (Wildman–Crippen MR) is 101 cm³/mol. The monoisotopic (exact) mass is 393 g/mol. The van der Waals surface area contributed by atoms with Gasteiger partial charge >= 0.3 is 0 Å². The molecule has 0 aliphatic carbocycles. The van der Waals surface area contributed by atoms with E-state index >= 15 is 0 Å². The molecular formula is C16H16ClN5OS2. The molecule has 25 heavy (non-hydrogen) atoms. The Morgan fingerprint density at radius 3 is 2.80 bits per heavy atom. The van der Waals surface area contributed by atoms with Crippen LogP contribution in [0.25, 0.3) is 10.6 Å². The van der Waals surface area contributed by atoms with Gasteiger partial charge in [-0.05, 0) is 12.1 Å². The van der Waals surface area contributed by atoms with Gasteiger partial charge in [-0.2, -0.15) is 0 Å². The third-order valence-corrected chi connectivity index (χ3v) is 5.76. The van der Waals surface area contributed by atoms with Gasteiger partial charge in [-0.15, -0.1) is 21.5 Å². The molecule has 0 bridgehead atoms. The second kappa shape index (κ2) is 7.99. The van der Waals surface area contributed by atoms with Crippen LogP contribution in [0.3, 0.4) is 0 Å². The van der Waals surface area contributed by atoms with E-state index in [-0.39, 0.29) is 12.3 Å². The van der Waals surface area contributed by atoms with Gasteiger partial charge in [-0.25, -0.2) is 4.98 Å². The molecule has 2 aromatic heterocycles. The SMILES string of the molecule is Cn1c(CCC(N)=O)nnc1SCc1csc(-c2ccc(Cl)cc2)n1. The molecule has 2 N–H and O–H groups in total. The van der Waals surface area contributed by atoms with Crippen molar-refractivity contribution in [2.75, 3.05) is 0 Å². The molecule has 0 fully saturated rings. The summed E-state index contributed by atoms with van der Waals surface area (Å²) in [5, 5.41) is 12.8. The molecule has 3 rings (SSSR count). The molecule has 6 nitrogen and oxygen atoms in total. The highest BCUT2D eigenvalue weighted by molar-refractivity contribution is 7.98. The number of hydrogen-bond acceptors (Lipinski definition) is 6. The highest BCUT2D eigenvalue weighted by atomic mass is 35.5. The first-order valence-electron chi connectivity index (χ1n) is 7.52. The maximum atomic E-state index is 10.9. The van der Waals surface area contributed by atoms with Crippen molar-refractivity contribution in [1.82, 2.24) is 19.7 Å². The van der Waals surface area contributed by atoms with Crippen LogP contribution in [0.15, 0.2) is 34.8 Å². The van der Waals surface area contributed by atoms with Crippen LogP contribution in [0.2, 0.25) is 5.02 Å². The lowest BCUT2D eigenvalue weighted by molar-refractivity contribution is -0.118. The third-order valence-electron chi connectivity index (χ3n) is 3.51. The molecule has 1 aromatic carbocycles. The number of aromatic nitrogens is 4. The smallest absolute Gasteiger partial charge is 0.217 e. The van der Waals surface area contributed by atoms with Crippen molar-refractivity contribution in [1.29, 1.82) is 0 Å². The fourth-order valence-corrected chi connectivity index (χ4v) is 4.04. The van der Waals surface area contributed by atoms with Gasteiger partial charge in [0, 0.05) is 41.6 Å². The number of benzene rings is 1. The predicted octanol–water partition coefficient (Wildman–Crippen LogP) is 3.30. The molecule has 0 aliphatic heterocycles. The van der Waals surface area contributed by atoms with Crippen LogP contribution in [0.1, 0.15) is 17.9 Å². The number of carbonyl (C=O) groups is 1. The normalized spacial score (nSPS) is 11.0. The van der Waals surface area contributed by atoms with E-state index in [4.69, 9.17) is 17.3 Å². The zero-order valence-corrected chi connectivity index (χ0v) is 15.9. The van der Waals surface area contributed by atoms with Gasteiger partial charge in [-0.3, -0.25) is 4.79 Å². The van der Waals surface area contributed by atoms with Gasteiger partial charge in [0.1, 0.15) is 10.8 Å². The molecule has 2 heterocycles. The van der Waals surface area contributed by atoms with E-state index < -0.39 is 0 Å². The Labute approximate surface area is 158 Å². The average molecular weight is 394 g/mol. The molecule has 1 amide bonds. The molecule has 3 aromatic rings. The Bertz CT molecular complexity index is 875. The third kappa shape index (κ3) is 4.59. The fourth-order valence-electron chi connectivity index (χ4n) is 2.16. The minimum absolute atomic E-state index is 0.271. The van der Waals surface area contributed by atoms with Crippen molar-refractivity contribution in [2.45, 2.75) is 23.8 Å². The number of aryl methyl sites for hydroxylation is 1. The number of amides is 1. The highest BCUT2D eigenvalue weighted by Crippen LogP contribution is 2.28. The largest absolute Gasteiger partial charge is 0.370 e. The maximum absolute atomic E-state index is 10.9. The number of rotatable bonds is 7. The van der Waals surface area contributed by atoms with Gasteiger partial charge in [0.2, 0.25) is 5.91 Å². The summed E-state index contributed by atoms with van der Waals surface area (Å²) in [6.45, 7) is 0. The lowest BCUT2D eigenvalue weighted by Gasteiger charge is -2.02. The van der Waals surface area contributed by atoms with Crippen molar-refractivity contribution >= 4 is 40.6 Å². The van der Waals surface area contributed by atoms with Crippen LogP contribution in [-0.2, 0) is 24.0 Å². The number of nitrogens with two attached hydrogens (primary N) is 1. The molecule has 0 atom stereocenters. The van der Waals surface area contributed by atoms with Gasteiger partial charge in [0.25, 0.3) is 0 Å². The highest BCUT2D eigenvalue weighted by Gasteiger charge is 2.12.